The van der Waals surface area contributed by atoms with Crippen molar-refractivity contribution in [3.63, 3.8) is 0 Å². The lowest BCUT2D eigenvalue weighted by molar-refractivity contribution is 0.0950. The third-order valence-corrected chi connectivity index (χ3v) is 5.11. The minimum atomic E-state index is -0.311. The Hall–Kier alpha value is -2.47. The fourth-order valence-electron chi connectivity index (χ4n) is 3.71. The van der Waals surface area contributed by atoms with Crippen LogP contribution < -0.4 is 10.6 Å². The number of nitrogens with zero attached hydrogens (tertiary/aromatic N) is 2. The SMILES string of the molecule is Cc1ccc(-n2nc(C(=O)NCC3=CCNCC3)c3c2CCC3)c(F)c1. The topological polar surface area (TPSA) is 59.0 Å². The van der Waals surface area contributed by atoms with Crippen LogP contribution in [0.25, 0.3) is 5.69 Å². The summed E-state index contributed by atoms with van der Waals surface area (Å²) in [6.45, 7) is 4.19. The van der Waals surface area contributed by atoms with E-state index in [1.807, 2.05) is 13.0 Å². The van der Waals surface area contributed by atoms with E-state index in [0.717, 1.165) is 55.6 Å². The predicted molar refractivity (Wildman–Crippen MR) is 98.2 cm³/mol. The molecule has 1 aliphatic carbocycles. The van der Waals surface area contributed by atoms with Crippen LogP contribution in [-0.4, -0.2) is 35.3 Å². The average molecular weight is 354 g/mol. The van der Waals surface area contributed by atoms with E-state index in [9.17, 15) is 9.18 Å². The molecule has 0 saturated heterocycles. The first kappa shape index (κ1) is 17.0. The molecular formula is C20H23FN4O. The van der Waals surface area contributed by atoms with Crippen molar-refractivity contribution in [1.29, 1.82) is 0 Å². The zero-order valence-electron chi connectivity index (χ0n) is 14.9. The van der Waals surface area contributed by atoms with Crippen LogP contribution in [0.1, 0.15) is 40.2 Å². The summed E-state index contributed by atoms with van der Waals surface area (Å²) in [5.74, 6) is -0.483. The maximum Gasteiger partial charge on any atom is 0.272 e. The highest BCUT2D eigenvalue weighted by molar-refractivity contribution is 5.94. The average Bonchev–Trinajstić information content (AvgIpc) is 3.24. The molecule has 6 heteroatoms. The first-order valence-electron chi connectivity index (χ1n) is 9.17. The Morgan fingerprint density at radius 1 is 1.35 bits per heavy atom. The van der Waals surface area contributed by atoms with Gasteiger partial charge < -0.3 is 10.6 Å². The van der Waals surface area contributed by atoms with E-state index in [2.05, 4.69) is 21.8 Å². The van der Waals surface area contributed by atoms with Gasteiger partial charge in [0.25, 0.3) is 5.91 Å². The number of carbonyl (C=O) groups is 1. The number of rotatable bonds is 4. The van der Waals surface area contributed by atoms with Crippen LogP contribution in [0.2, 0.25) is 0 Å². The lowest BCUT2D eigenvalue weighted by atomic mass is 10.1. The van der Waals surface area contributed by atoms with Crippen LogP contribution in [0.4, 0.5) is 4.39 Å². The highest BCUT2D eigenvalue weighted by Crippen LogP contribution is 2.29. The first-order chi connectivity index (χ1) is 12.6. The fraction of sp³-hybridized carbons (Fsp3) is 0.400. The molecule has 1 amide bonds. The molecule has 0 saturated carbocycles. The van der Waals surface area contributed by atoms with Crippen LogP contribution in [-0.2, 0) is 12.8 Å². The van der Waals surface area contributed by atoms with Crippen molar-refractivity contribution >= 4 is 5.91 Å². The van der Waals surface area contributed by atoms with Gasteiger partial charge in [0, 0.05) is 24.3 Å². The molecule has 2 N–H and O–H groups in total. The van der Waals surface area contributed by atoms with E-state index in [0.29, 0.717) is 17.9 Å². The second kappa shape index (κ2) is 7.03. The van der Waals surface area contributed by atoms with Crippen molar-refractivity contribution in [2.75, 3.05) is 19.6 Å². The van der Waals surface area contributed by atoms with E-state index in [1.54, 1.807) is 10.7 Å². The molecule has 0 bridgehead atoms. The third-order valence-electron chi connectivity index (χ3n) is 5.11. The van der Waals surface area contributed by atoms with Gasteiger partial charge in [-0.25, -0.2) is 9.07 Å². The zero-order valence-corrected chi connectivity index (χ0v) is 14.9. The number of aromatic nitrogens is 2. The largest absolute Gasteiger partial charge is 0.347 e. The van der Waals surface area contributed by atoms with Crippen molar-refractivity contribution in [2.24, 2.45) is 0 Å². The maximum atomic E-state index is 14.4. The molecule has 1 aromatic heterocycles. The van der Waals surface area contributed by atoms with Crippen LogP contribution in [0.5, 0.6) is 0 Å². The second-order valence-corrected chi connectivity index (χ2v) is 6.99. The van der Waals surface area contributed by atoms with E-state index < -0.39 is 0 Å². The van der Waals surface area contributed by atoms with Gasteiger partial charge in [-0.2, -0.15) is 5.10 Å². The smallest absolute Gasteiger partial charge is 0.272 e. The van der Waals surface area contributed by atoms with Gasteiger partial charge >= 0.3 is 0 Å². The molecule has 0 unspecified atom stereocenters. The molecule has 1 aliphatic heterocycles. The summed E-state index contributed by atoms with van der Waals surface area (Å²) < 4.78 is 16.1. The number of aryl methyl sites for hydroxylation is 1. The number of fused-ring (bicyclic) bond motifs is 1. The second-order valence-electron chi connectivity index (χ2n) is 6.99. The number of amides is 1. The number of hydrogen-bond acceptors (Lipinski definition) is 3. The van der Waals surface area contributed by atoms with E-state index in [4.69, 9.17) is 0 Å². The van der Waals surface area contributed by atoms with Gasteiger partial charge in [-0.3, -0.25) is 4.79 Å². The standard InChI is InChI=1S/C20H23FN4O/c1-13-5-6-18(16(21)11-13)25-17-4-2-3-15(17)19(24-25)20(26)23-12-14-7-9-22-10-8-14/h5-7,11,22H,2-4,8-10,12H2,1H3,(H,23,26). The van der Waals surface area contributed by atoms with Gasteiger partial charge in [0.1, 0.15) is 11.5 Å². The summed E-state index contributed by atoms with van der Waals surface area (Å²) >= 11 is 0. The van der Waals surface area contributed by atoms with Crippen molar-refractivity contribution in [2.45, 2.75) is 32.6 Å². The normalized spacial score (nSPS) is 16.3. The van der Waals surface area contributed by atoms with Gasteiger partial charge in [-0.1, -0.05) is 17.7 Å². The molecule has 4 rings (SSSR count). The van der Waals surface area contributed by atoms with Gasteiger partial charge in [0.05, 0.1) is 0 Å². The molecule has 2 heterocycles. The van der Waals surface area contributed by atoms with Crippen LogP contribution >= 0.6 is 0 Å². The molecule has 2 aliphatic rings. The Morgan fingerprint density at radius 2 is 2.23 bits per heavy atom. The highest BCUT2D eigenvalue weighted by atomic mass is 19.1. The van der Waals surface area contributed by atoms with E-state index in [1.165, 1.54) is 11.6 Å². The molecule has 0 radical (unpaired) electrons. The fourth-order valence-corrected chi connectivity index (χ4v) is 3.71. The molecule has 0 spiro atoms. The lowest BCUT2D eigenvalue weighted by Crippen LogP contribution is -2.30. The molecule has 5 nitrogen and oxygen atoms in total. The summed E-state index contributed by atoms with van der Waals surface area (Å²) in [7, 11) is 0. The Kier molecular flexibility index (Phi) is 4.59. The lowest BCUT2D eigenvalue weighted by Gasteiger charge is -2.14. The van der Waals surface area contributed by atoms with Crippen LogP contribution in [0.15, 0.2) is 29.8 Å². The number of benzene rings is 1. The third kappa shape index (κ3) is 3.17. The monoisotopic (exact) mass is 354 g/mol. The predicted octanol–water partition coefficient (Wildman–Crippen LogP) is 2.46. The van der Waals surface area contributed by atoms with Gasteiger partial charge in [0.15, 0.2) is 5.69 Å². The zero-order chi connectivity index (χ0) is 18.1. The summed E-state index contributed by atoms with van der Waals surface area (Å²) in [5, 5.41) is 10.7. The Labute approximate surface area is 152 Å². The minimum Gasteiger partial charge on any atom is -0.347 e. The molecule has 1 aromatic carbocycles. The van der Waals surface area contributed by atoms with Crippen LogP contribution in [0, 0.1) is 12.7 Å². The molecular weight excluding hydrogens is 331 g/mol. The molecule has 136 valence electrons. The quantitative estimate of drug-likeness (QED) is 0.830. The minimum absolute atomic E-state index is 0.172. The van der Waals surface area contributed by atoms with E-state index >= 15 is 0 Å². The Morgan fingerprint density at radius 3 is 3.00 bits per heavy atom. The summed E-state index contributed by atoms with van der Waals surface area (Å²) in [6, 6.07) is 5.10. The number of hydrogen-bond donors (Lipinski definition) is 2. The summed E-state index contributed by atoms with van der Waals surface area (Å²) in [5.41, 5.74) is 4.86. The number of carbonyl (C=O) groups excluding carboxylic acids is 1. The van der Waals surface area contributed by atoms with Crippen molar-refractivity contribution in [3.8, 4) is 5.69 Å². The maximum absolute atomic E-state index is 14.4. The Balaban J connectivity index is 1.61. The van der Waals surface area contributed by atoms with Gasteiger partial charge in [0.2, 0.25) is 0 Å². The molecule has 0 fully saturated rings. The number of halogens is 1. The van der Waals surface area contributed by atoms with E-state index in [-0.39, 0.29) is 11.7 Å². The Bertz CT molecular complexity index is 884. The summed E-state index contributed by atoms with van der Waals surface area (Å²) in [4.78, 5) is 12.7. The molecule has 2 aromatic rings. The van der Waals surface area contributed by atoms with Gasteiger partial charge in [-0.15, -0.1) is 0 Å². The van der Waals surface area contributed by atoms with Crippen molar-refractivity contribution < 1.29 is 9.18 Å². The van der Waals surface area contributed by atoms with Crippen LogP contribution in [0.3, 0.4) is 0 Å². The first-order valence-corrected chi connectivity index (χ1v) is 9.17. The van der Waals surface area contributed by atoms with Crippen molar-refractivity contribution in [1.82, 2.24) is 20.4 Å². The number of nitrogens with one attached hydrogen (secondary N) is 2. The van der Waals surface area contributed by atoms with Gasteiger partial charge in [-0.05, 0) is 56.8 Å². The molecule has 0 atom stereocenters. The highest BCUT2D eigenvalue weighted by Gasteiger charge is 2.27. The molecule has 26 heavy (non-hydrogen) atoms. The van der Waals surface area contributed by atoms with Crippen molar-refractivity contribution in [3.05, 3.63) is 58.2 Å². The summed E-state index contributed by atoms with van der Waals surface area (Å²) in [6.07, 6.45) is 5.67.